The summed E-state index contributed by atoms with van der Waals surface area (Å²) in [5, 5.41) is 4.10. The summed E-state index contributed by atoms with van der Waals surface area (Å²) in [6.45, 7) is 3.97. The molecule has 0 fully saturated rings. The standard InChI is InChI=1S/C9H12N2/c1-3-5-9-6-7-10-11(9)8-4-2/h3-8H,1-2H3/b5-3-,8-4-. The average molecular weight is 148 g/mol. The van der Waals surface area contributed by atoms with E-state index in [0.29, 0.717) is 0 Å². The molecule has 1 aromatic heterocycles. The maximum Gasteiger partial charge on any atom is 0.0658 e. The predicted molar refractivity (Wildman–Crippen MR) is 47.9 cm³/mol. The fraction of sp³-hybridized carbons (Fsp3) is 0.222. The fourth-order valence-electron chi connectivity index (χ4n) is 0.893. The van der Waals surface area contributed by atoms with Crippen molar-refractivity contribution in [1.82, 2.24) is 9.78 Å². The summed E-state index contributed by atoms with van der Waals surface area (Å²) in [5.74, 6) is 0. The zero-order valence-electron chi connectivity index (χ0n) is 6.86. The van der Waals surface area contributed by atoms with E-state index in [1.807, 2.05) is 49.0 Å². The molecular formula is C9H12N2. The number of nitrogens with zero attached hydrogens (tertiary/aromatic N) is 2. The molecule has 0 unspecified atom stereocenters. The molecule has 0 radical (unpaired) electrons. The SMILES string of the molecule is C/C=C\c1ccnn1/C=C\C. The van der Waals surface area contributed by atoms with Crippen LogP contribution in [0.3, 0.4) is 0 Å². The lowest BCUT2D eigenvalue weighted by atomic mass is 10.4. The fourth-order valence-corrected chi connectivity index (χ4v) is 0.893. The van der Waals surface area contributed by atoms with Gasteiger partial charge in [0, 0.05) is 12.4 Å². The highest BCUT2D eigenvalue weighted by molar-refractivity contribution is 5.47. The molecule has 0 saturated carbocycles. The van der Waals surface area contributed by atoms with Crippen molar-refractivity contribution in [3.63, 3.8) is 0 Å². The molecule has 0 aliphatic heterocycles. The normalized spacial score (nSPS) is 11.8. The third kappa shape index (κ3) is 1.80. The van der Waals surface area contributed by atoms with Gasteiger partial charge in [-0.25, -0.2) is 4.68 Å². The van der Waals surface area contributed by atoms with Crippen LogP contribution in [0.5, 0.6) is 0 Å². The minimum atomic E-state index is 1.10. The maximum absolute atomic E-state index is 4.10. The molecule has 0 aliphatic carbocycles. The maximum atomic E-state index is 4.10. The topological polar surface area (TPSA) is 17.8 Å². The van der Waals surface area contributed by atoms with Crippen molar-refractivity contribution in [3.8, 4) is 0 Å². The second kappa shape index (κ2) is 3.76. The Morgan fingerprint density at radius 2 is 2.18 bits per heavy atom. The van der Waals surface area contributed by atoms with E-state index in [4.69, 9.17) is 0 Å². The summed E-state index contributed by atoms with van der Waals surface area (Å²) in [5.41, 5.74) is 1.10. The van der Waals surface area contributed by atoms with Crippen LogP contribution in [0, 0.1) is 0 Å². The molecule has 2 nitrogen and oxygen atoms in total. The van der Waals surface area contributed by atoms with E-state index in [0.717, 1.165) is 5.69 Å². The van der Waals surface area contributed by atoms with Gasteiger partial charge in [-0.05, 0) is 26.0 Å². The van der Waals surface area contributed by atoms with Crippen molar-refractivity contribution in [2.24, 2.45) is 0 Å². The van der Waals surface area contributed by atoms with Crippen LogP contribution in [0.1, 0.15) is 19.5 Å². The average Bonchev–Trinajstić information content (AvgIpc) is 2.39. The molecule has 1 heterocycles. The molecule has 1 rings (SSSR count). The van der Waals surface area contributed by atoms with Crippen molar-refractivity contribution >= 4 is 12.3 Å². The Kier molecular flexibility index (Phi) is 2.66. The quantitative estimate of drug-likeness (QED) is 0.629. The lowest BCUT2D eigenvalue weighted by Gasteiger charge is -1.93. The van der Waals surface area contributed by atoms with Crippen molar-refractivity contribution in [3.05, 3.63) is 30.1 Å². The summed E-state index contributed by atoms with van der Waals surface area (Å²) >= 11 is 0. The van der Waals surface area contributed by atoms with E-state index in [1.54, 1.807) is 6.20 Å². The van der Waals surface area contributed by atoms with Crippen molar-refractivity contribution in [2.75, 3.05) is 0 Å². The Labute approximate surface area is 66.8 Å². The van der Waals surface area contributed by atoms with Crippen LogP contribution < -0.4 is 0 Å². The van der Waals surface area contributed by atoms with Gasteiger partial charge in [0.2, 0.25) is 0 Å². The lowest BCUT2D eigenvalue weighted by molar-refractivity contribution is 0.923. The highest BCUT2D eigenvalue weighted by Gasteiger charge is 1.91. The zero-order valence-corrected chi connectivity index (χ0v) is 6.86. The van der Waals surface area contributed by atoms with Crippen LogP contribution in [0.4, 0.5) is 0 Å². The van der Waals surface area contributed by atoms with Gasteiger partial charge in [0.05, 0.1) is 5.69 Å². The number of rotatable bonds is 2. The first-order chi connectivity index (χ1) is 5.38. The van der Waals surface area contributed by atoms with E-state index in [9.17, 15) is 0 Å². The lowest BCUT2D eigenvalue weighted by Crippen LogP contribution is -1.89. The zero-order chi connectivity index (χ0) is 8.10. The summed E-state index contributed by atoms with van der Waals surface area (Å²) < 4.78 is 1.83. The largest absolute Gasteiger partial charge is 0.241 e. The van der Waals surface area contributed by atoms with Crippen molar-refractivity contribution < 1.29 is 0 Å². The smallest absolute Gasteiger partial charge is 0.0658 e. The molecule has 0 aromatic carbocycles. The van der Waals surface area contributed by atoms with E-state index >= 15 is 0 Å². The Morgan fingerprint density at radius 1 is 1.36 bits per heavy atom. The second-order valence-electron chi connectivity index (χ2n) is 2.18. The van der Waals surface area contributed by atoms with Gasteiger partial charge in [0.25, 0.3) is 0 Å². The van der Waals surface area contributed by atoms with E-state index in [2.05, 4.69) is 5.10 Å². The van der Waals surface area contributed by atoms with Gasteiger partial charge in [-0.3, -0.25) is 0 Å². The van der Waals surface area contributed by atoms with Crippen molar-refractivity contribution in [2.45, 2.75) is 13.8 Å². The number of allylic oxidation sites excluding steroid dienone is 2. The molecule has 0 atom stereocenters. The van der Waals surface area contributed by atoms with Gasteiger partial charge in [-0.1, -0.05) is 12.2 Å². The molecule has 0 bridgehead atoms. The predicted octanol–water partition coefficient (Wildman–Crippen LogP) is 2.41. The monoisotopic (exact) mass is 148 g/mol. The molecule has 1 aromatic rings. The van der Waals surface area contributed by atoms with Crippen LogP contribution in [0.15, 0.2) is 24.4 Å². The van der Waals surface area contributed by atoms with Crippen LogP contribution >= 0.6 is 0 Å². The Morgan fingerprint density at radius 3 is 2.82 bits per heavy atom. The second-order valence-corrected chi connectivity index (χ2v) is 2.18. The summed E-state index contributed by atoms with van der Waals surface area (Å²) in [6.07, 6.45) is 9.69. The molecule has 58 valence electrons. The third-order valence-corrected chi connectivity index (χ3v) is 1.33. The van der Waals surface area contributed by atoms with Crippen LogP contribution in [-0.4, -0.2) is 9.78 Å². The Balaban J connectivity index is 2.95. The van der Waals surface area contributed by atoms with Gasteiger partial charge < -0.3 is 0 Å². The van der Waals surface area contributed by atoms with Crippen molar-refractivity contribution in [1.29, 1.82) is 0 Å². The van der Waals surface area contributed by atoms with Gasteiger partial charge in [-0.2, -0.15) is 5.10 Å². The minimum absolute atomic E-state index is 1.10. The molecule has 2 heteroatoms. The highest BCUT2D eigenvalue weighted by Crippen LogP contribution is 2.01. The Hall–Kier alpha value is -1.31. The number of aromatic nitrogens is 2. The first-order valence-corrected chi connectivity index (χ1v) is 3.67. The molecular weight excluding hydrogens is 136 g/mol. The minimum Gasteiger partial charge on any atom is -0.241 e. The van der Waals surface area contributed by atoms with E-state index in [-0.39, 0.29) is 0 Å². The molecule has 0 saturated heterocycles. The van der Waals surface area contributed by atoms with Gasteiger partial charge in [0.1, 0.15) is 0 Å². The first-order valence-electron chi connectivity index (χ1n) is 3.67. The van der Waals surface area contributed by atoms with Crippen LogP contribution in [0.2, 0.25) is 0 Å². The molecule has 11 heavy (non-hydrogen) atoms. The highest BCUT2D eigenvalue weighted by atomic mass is 15.3. The summed E-state index contributed by atoms with van der Waals surface area (Å²) in [4.78, 5) is 0. The molecule has 0 aliphatic rings. The molecule has 0 spiro atoms. The molecule has 0 amide bonds. The Bertz CT molecular complexity index is 242. The van der Waals surface area contributed by atoms with Gasteiger partial charge >= 0.3 is 0 Å². The van der Waals surface area contributed by atoms with E-state index in [1.165, 1.54) is 0 Å². The van der Waals surface area contributed by atoms with Crippen LogP contribution in [0.25, 0.3) is 12.3 Å². The summed E-state index contributed by atoms with van der Waals surface area (Å²) in [7, 11) is 0. The molecule has 0 N–H and O–H groups in total. The van der Waals surface area contributed by atoms with Gasteiger partial charge in [-0.15, -0.1) is 0 Å². The van der Waals surface area contributed by atoms with Crippen LogP contribution in [-0.2, 0) is 0 Å². The van der Waals surface area contributed by atoms with E-state index < -0.39 is 0 Å². The number of hydrogen-bond donors (Lipinski definition) is 0. The van der Waals surface area contributed by atoms with Gasteiger partial charge in [0.15, 0.2) is 0 Å². The first kappa shape index (κ1) is 7.79. The summed E-state index contributed by atoms with van der Waals surface area (Å²) in [6, 6.07) is 1.97. The number of hydrogen-bond acceptors (Lipinski definition) is 1. The third-order valence-electron chi connectivity index (χ3n) is 1.33.